The van der Waals surface area contributed by atoms with Crippen molar-refractivity contribution in [2.24, 2.45) is 5.92 Å². The highest BCUT2D eigenvalue weighted by atomic mass is 16.5. The Balaban J connectivity index is 1.62. The summed E-state index contributed by atoms with van der Waals surface area (Å²) in [5.41, 5.74) is 1.16. The van der Waals surface area contributed by atoms with Gasteiger partial charge in [0.1, 0.15) is 5.75 Å². The van der Waals surface area contributed by atoms with Crippen molar-refractivity contribution in [2.75, 3.05) is 13.7 Å². The lowest BCUT2D eigenvalue weighted by molar-refractivity contribution is -0.141. The van der Waals surface area contributed by atoms with Crippen LogP contribution in [0.2, 0.25) is 0 Å². The molecule has 1 aliphatic carbocycles. The number of carbonyl (C=O) groups is 1. The van der Waals surface area contributed by atoms with Gasteiger partial charge in [-0.3, -0.25) is 4.79 Å². The minimum Gasteiger partial charge on any atom is -0.497 e. The highest BCUT2D eigenvalue weighted by molar-refractivity contribution is 5.83. The van der Waals surface area contributed by atoms with Crippen molar-refractivity contribution in [3.63, 3.8) is 0 Å². The second kappa shape index (κ2) is 6.06. The summed E-state index contributed by atoms with van der Waals surface area (Å²) >= 11 is 0. The summed E-state index contributed by atoms with van der Waals surface area (Å²) in [6.07, 6.45) is 3.11. The number of fused-ring (bicyclic) bond motifs is 2. The Kier molecular flexibility index (Phi) is 4.15. The number of hydrogen-bond donors (Lipinski definition) is 0. The minimum atomic E-state index is 0.0831. The van der Waals surface area contributed by atoms with Gasteiger partial charge in [-0.15, -0.1) is 0 Å². The first-order valence-electron chi connectivity index (χ1n) is 7.78. The molecule has 0 N–H and O–H groups in total. The number of piperidine rings is 1. The first kappa shape index (κ1) is 14.4. The zero-order chi connectivity index (χ0) is 14.8. The van der Waals surface area contributed by atoms with E-state index in [0.717, 1.165) is 37.2 Å². The molecule has 2 fully saturated rings. The highest BCUT2D eigenvalue weighted by Crippen LogP contribution is 2.41. The van der Waals surface area contributed by atoms with E-state index in [1.54, 1.807) is 7.11 Å². The molecule has 1 aromatic rings. The predicted octanol–water partition coefficient (Wildman–Crippen LogP) is 2.61. The summed E-state index contributed by atoms with van der Waals surface area (Å²) in [5, 5.41) is 0. The van der Waals surface area contributed by atoms with Gasteiger partial charge in [-0.2, -0.15) is 0 Å². The molecule has 3 rings (SSSR count). The molecule has 1 aromatic carbocycles. The number of hydrogen-bond acceptors (Lipinski definition) is 3. The summed E-state index contributed by atoms with van der Waals surface area (Å²) < 4.78 is 11.0. The molecule has 4 heteroatoms. The maximum absolute atomic E-state index is 12.5. The second-order valence-electron chi connectivity index (χ2n) is 5.96. The second-order valence-corrected chi connectivity index (χ2v) is 5.96. The van der Waals surface area contributed by atoms with Gasteiger partial charge < -0.3 is 14.4 Å². The number of carbonyl (C=O) groups excluding carboxylic acids is 1. The molecular weight excluding hydrogens is 266 g/mol. The molecule has 21 heavy (non-hydrogen) atoms. The van der Waals surface area contributed by atoms with Crippen LogP contribution in [0.15, 0.2) is 24.3 Å². The van der Waals surface area contributed by atoms with E-state index in [4.69, 9.17) is 9.47 Å². The molecule has 1 amide bonds. The van der Waals surface area contributed by atoms with Crippen LogP contribution < -0.4 is 4.74 Å². The standard InChI is InChI=1S/C17H23NO3/c1-3-8-21-16-10-13-9-15(16)17(19)18(13)11-12-4-6-14(20-2)7-5-12/h4-7,13,15-16H,3,8-11H2,1-2H3/t13-,15+,16+/m0/s1. The lowest BCUT2D eigenvalue weighted by atomic mass is 10.0. The third-order valence-corrected chi connectivity index (χ3v) is 4.57. The van der Waals surface area contributed by atoms with Crippen LogP contribution in [-0.4, -0.2) is 36.7 Å². The summed E-state index contributed by atoms with van der Waals surface area (Å²) in [4.78, 5) is 14.5. The summed E-state index contributed by atoms with van der Waals surface area (Å²) in [7, 11) is 1.66. The van der Waals surface area contributed by atoms with E-state index in [0.29, 0.717) is 12.6 Å². The third-order valence-electron chi connectivity index (χ3n) is 4.57. The molecule has 4 nitrogen and oxygen atoms in total. The van der Waals surface area contributed by atoms with Gasteiger partial charge in [0, 0.05) is 19.2 Å². The molecule has 2 bridgehead atoms. The van der Waals surface area contributed by atoms with Gasteiger partial charge in [-0.25, -0.2) is 0 Å². The summed E-state index contributed by atoms with van der Waals surface area (Å²) in [6.45, 7) is 3.56. The molecule has 1 saturated carbocycles. The fraction of sp³-hybridized carbons (Fsp3) is 0.588. The Morgan fingerprint density at radius 1 is 1.24 bits per heavy atom. The lowest BCUT2D eigenvalue weighted by Gasteiger charge is -2.31. The lowest BCUT2D eigenvalue weighted by Crippen LogP contribution is -2.42. The molecule has 1 saturated heterocycles. The van der Waals surface area contributed by atoms with E-state index in [-0.39, 0.29) is 17.9 Å². The molecule has 1 heterocycles. The number of rotatable bonds is 6. The van der Waals surface area contributed by atoms with Crippen LogP contribution >= 0.6 is 0 Å². The first-order chi connectivity index (χ1) is 10.2. The fourth-order valence-corrected chi connectivity index (χ4v) is 3.47. The zero-order valence-corrected chi connectivity index (χ0v) is 12.7. The van der Waals surface area contributed by atoms with Crippen LogP contribution in [0, 0.1) is 5.92 Å². The maximum Gasteiger partial charge on any atom is 0.228 e. The molecule has 3 atom stereocenters. The predicted molar refractivity (Wildman–Crippen MR) is 80.1 cm³/mol. The Morgan fingerprint density at radius 3 is 2.62 bits per heavy atom. The van der Waals surface area contributed by atoms with Crippen molar-refractivity contribution in [3.05, 3.63) is 29.8 Å². The van der Waals surface area contributed by atoms with Gasteiger partial charge in [-0.05, 0) is 37.0 Å². The van der Waals surface area contributed by atoms with Crippen LogP contribution in [0.4, 0.5) is 0 Å². The van der Waals surface area contributed by atoms with Crippen molar-refractivity contribution in [3.8, 4) is 5.75 Å². The quantitative estimate of drug-likeness (QED) is 0.808. The Morgan fingerprint density at radius 2 is 2.00 bits per heavy atom. The van der Waals surface area contributed by atoms with E-state index in [2.05, 4.69) is 6.92 Å². The Hall–Kier alpha value is -1.55. The highest BCUT2D eigenvalue weighted by Gasteiger charge is 2.50. The van der Waals surface area contributed by atoms with E-state index < -0.39 is 0 Å². The number of methoxy groups -OCH3 is 1. The van der Waals surface area contributed by atoms with Crippen LogP contribution in [0.1, 0.15) is 31.7 Å². The Labute approximate surface area is 126 Å². The van der Waals surface area contributed by atoms with E-state index in [9.17, 15) is 4.79 Å². The molecular formula is C17H23NO3. The fourth-order valence-electron chi connectivity index (χ4n) is 3.47. The van der Waals surface area contributed by atoms with Gasteiger partial charge in [0.05, 0.1) is 19.1 Å². The van der Waals surface area contributed by atoms with Crippen molar-refractivity contribution in [2.45, 2.75) is 44.9 Å². The van der Waals surface area contributed by atoms with Gasteiger partial charge in [-0.1, -0.05) is 19.1 Å². The van der Waals surface area contributed by atoms with E-state index >= 15 is 0 Å². The van der Waals surface area contributed by atoms with Gasteiger partial charge in [0.15, 0.2) is 0 Å². The monoisotopic (exact) mass is 289 g/mol. The van der Waals surface area contributed by atoms with Gasteiger partial charge in [0.2, 0.25) is 5.91 Å². The maximum atomic E-state index is 12.5. The van der Waals surface area contributed by atoms with Gasteiger partial charge in [0.25, 0.3) is 0 Å². The molecule has 2 aliphatic rings. The number of benzene rings is 1. The average Bonchev–Trinajstić information content (AvgIpc) is 3.05. The number of likely N-dealkylation sites (tertiary alicyclic amines) is 1. The smallest absolute Gasteiger partial charge is 0.228 e. The third kappa shape index (κ3) is 2.77. The average molecular weight is 289 g/mol. The van der Waals surface area contributed by atoms with E-state index in [1.807, 2.05) is 29.2 Å². The number of ether oxygens (including phenoxy) is 2. The van der Waals surface area contributed by atoms with Crippen LogP contribution in [0.3, 0.4) is 0 Å². The minimum absolute atomic E-state index is 0.0831. The number of amides is 1. The topological polar surface area (TPSA) is 38.8 Å². The van der Waals surface area contributed by atoms with Crippen molar-refractivity contribution < 1.29 is 14.3 Å². The zero-order valence-electron chi connectivity index (χ0n) is 12.7. The largest absolute Gasteiger partial charge is 0.497 e. The molecule has 114 valence electrons. The van der Waals surface area contributed by atoms with Gasteiger partial charge >= 0.3 is 0 Å². The van der Waals surface area contributed by atoms with Crippen molar-refractivity contribution >= 4 is 5.91 Å². The molecule has 0 spiro atoms. The molecule has 1 aliphatic heterocycles. The molecule has 0 aromatic heterocycles. The van der Waals surface area contributed by atoms with Crippen molar-refractivity contribution in [1.29, 1.82) is 0 Å². The van der Waals surface area contributed by atoms with Crippen LogP contribution in [0.25, 0.3) is 0 Å². The molecule has 0 unspecified atom stereocenters. The summed E-state index contributed by atoms with van der Waals surface area (Å²) in [6, 6.07) is 8.31. The van der Waals surface area contributed by atoms with Crippen LogP contribution in [-0.2, 0) is 16.1 Å². The normalized spacial score (nSPS) is 27.4. The van der Waals surface area contributed by atoms with Crippen molar-refractivity contribution in [1.82, 2.24) is 4.90 Å². The SMILES string of the molecule is CCCO[C@@H]1C[C@@H]2C[C@H]1C(=O)N2Cc1ccc(OC)cc1. The number of nitrogens with zero attached hydrogens (tertiary/aromatic N) is 1. The first-order valence-corrected chi connectivity index (χ1v) is 7.78. The Bertz CT molecular complexity index is 499. The molecule has 0 radical (unpaired) electrons. The van der Waals surface area contributed by atoms with Crippen LogP contribution in [0.5, 0.6) is 5.75 Å². The van der Waals surface area contributed by atoms with E-state index in [1.165, 1.54) is 0 Å². The summed E-state index contributed by atoms with van der Waals surface area (Å²) in [5.74, 6) is 1.20.